The first kappa shape index (κ1) is 20.7. The Morgan fingerprint density at radius 1 is 0.897 bits per heavy atom. The summed E-state index contributed by atoms with van der Waals surface area (Å²) in [6, 6.07) is 24.6. The molecule has 0 heterocycles. The summed E-state index contributed by atoms with van der Waals surface area (Å²) in [5.74, 6) is 0.995. The molecule has 3 aromatic rings. The van der Waals surface area contributed by atoms with Crippen molar-refractivity contribution in [3.8, 4) is 5.75 Å². The van der Waals surface area contributed by atoms with Crippen LogP contribution >= 0.6 is 11.8 Å². The van der Waals surface area contributed by atoms with Crippen molar-refractivity contribution in [3.05, 3.63) is 95.6 Å². The van der Waals surface area contributed by atoms with Crippen LogP contribution in [0.5, 0.6) is 5.75 Å². The van der Waals surface area contributed by atoms with E-state index in [4.69, 9.17) is 4.74 Å². The number of amides is 1. The third-order valence-electron chi connectivity index (χ3n) is 4.42. The maximum atomic E-state index is 13.2. The molecule has 1 unspecified atom stereocenters. The van der Waals surface area contributed by atoms with Crippen LogP contribution in [0.4, 0.5) is 0 Å². The minimum absolute atomic E-state index is 0.0746. The molecule has 0 radical (unpaired) electrons. The molecule has 1 N–H and O–H groups in total. The lowest BCUT2D eigenvalue weighted by atomic mass is 9.98. The monoisotopic (exact) mass is 405 g/mol. The average Bonchev–Trinajstić information content (AvgIpc) is 2.77. The molecule has 1 amide bonds. The molecule has 0 saturated carbocycles. The number of nitrogens with one attached hydrogen (secondary N) is 1. The van der Waals surface area contributed by atoms with Crippen molar-refractivity contribution in [3.63, 3.8) is 0 Å². The fourth-order valence-electron chi connectivity index (χ4n) is 2.97. The Kier molecular flexibility index (Phi) is 7.09. The zero-order valence-corrected chi connectivity index (χ0v) is 17.2. The van der Waals surface area contributed by atoms with Crippen LogP contribution in [-0.2, 0) is 4.79 Å². The smallest absolute Gasteiger partial charge is 0.253 e. The molecule has 1 atom stereocenters. The van der Waals surface area contributed by atoms with Crippen molar-refractivity contribution in [1.82, 2.24) is 5.32 Å². The van der Waals surface area contributed by atoms with Crippen LogP contribution in [0.2, 0.25) is 0 Å². The zero-order valence-electron chi connectivity index (χ0n) is 16.4. The molecule has 148 valence electrons. The number of carbonyl (C=O) groups excluding carboxylic acids is 2. The fraction of sp³-hybridized carbons (Fsp3) is 0.167. The molecule has 0 aliphatic carbocycles. The molecule has 0 aromatic heterocycles. The molecule has 5 heteroatoms. The van der Waals surface area contributed by atoms with E-state index in [0.29, 0.717) is 11.3 Å². The molecule has 29 heavy (non-hydrogen) atoms. The highest BCUT2D eigenvalue weighted by molar-refractivity contribution is 8.00. The van der Waals surface area contributed by atoms with Crippen molar-refractivity contribution in [1.29, 1.82) is 0 Å². The predicted molar refractivity (Wildman–Crippen MR) is 117 cm³/mol. The summed E-state index contributed by atoms with van der Waals surface area (Å²) >= 11 is 1.38. The number of ether oxygens (including phenoxy) is 1. The molecular formula is C24H23NO3S. The molecule has 0 fully saturated rings. The van der Waals surface area contributed by atoms with E-state index in [-0.39, 0.29) is 17.7 Å². The number of methoxy groups -OCH3 is 1. The van der Waals surface area contributed by atoms with Crippen molar-refractivity contribution in [2.45, 2.75) is 17.9 Å². The molecule has 3 aromatic carbocycles. The number of rotatable bonds is 8. The van der Waals surface area contributed by atoms with Gasteiger partial charge in [-0.1, -0.05) is 54.6 Å². The van der Waals surface area contributed by atoms with Gasteiger partial charge in [0.2, 0.25) is 0 Å². The van der Waals surface area contributed by atoms with Crippen LogP contribution in [0, 0.1) is 0 Å². The first-order valence-electron chi connectivity index (χ1n) is 9.29. The highest BCUT2D eigenvalue weighted by Gasteiger charge is 2.20. The second-order valence-electron chi connectivity index (χ2n) is 6.58. The SMILES string of the molecule is COc1ccc(C(NC(=O)c2ccccc2SCC(C)=O)c2ccccc2)cc1. The lowest BCUT2D eigenvalue weighted by Gasteiger charge is -2.21. The van der Waals surface area contributed by atoms with Gasteiger partial charge < -0.3 is 10.1 Å². The maximum Gasteiger partial charge on any atom is 0.253 e. The summed E-state index contributed by atoms with van der Waals surface area (Å²) in [6.07, 6.45) is 0. The van der Waals surface area contributed by atoms with Crippen molar-refractivity contribution in [2.24, 2.45) is 0 Å². The van der Waals surface area contributed by atoms with Crippen LogP contribution in [0.3, 0.4) is 0 Å². The molecule has 0 spiro atoms. The minimum Gasteiger partial charge on any atom is -0.497 e. The largest absolute Gasteiger partial charge is 0.497 e. The average molecular weight is 406 g/mol. The maximum absolute atomic E-state index is 13.2. The topological polar surface area (TPSA) is 55.4 Å². The van der Waals surface area contributed by atoms with E-state index in [2.05, 4.69) is 5.32 Å². The van der Waals surface area contributed by atoms with Gasteiger partial charge in [-0.3, -0.25) is 9.59 Å². The van der Waals surface area contributed by atoms with Crippen LogP contribution in [0.1, 0.15) is 34.5 Å². The summed E-state index contributed by atoms with van der Waals surface area (Å²) in [4.78, 5) is 25.3. The van der Waals surface area contributed by atoms with Gasteiger partial charge in [0.1, 0.15) is 11.5 Å². The summed E-state index contributed by atoms with van der Waals surface area (Å²) in [6.45, 7) is 1.55. The number of carbonyl (C=O) groups is 2. The van der Waals surface area contributed by atoms with Gasteiger partial charge in [-0.05, 0) is 42.3 Å². The number of benzene rings is 3. The summed E-state index contributed by atoms with van der Waals surface area (Å²) < 4.78 is 5.25. The Bertz CT molecular complexity index is 971. The van der Waals surface area contributed by atoms with E-state index in [9.17, 15) is 9.59 Å². The van der Waals surface area contributed by atoms with Gasteiger partial charge in [0.25, 0.3) is 5.91 Å². The highest BCUT2D eigenvalue weighted by Crippen LogP contribution is 2.27. The van der Waals surface area contributed by atoms with Crippen molar-refractivity contribution >= 4 is 23.5 Å². The van der Waals surface area contributed by atoms with Gasteiger partial charge in [0, 0.05) is 4.90 Å². The lowest BCUT2D eigenvalue weighted by molar-refractivity contribution is -0.114. The molecule has 0 bridgehead atoms. The number of Topliss-reactive ketones (excluding diaryl/α,β-unsaturated/α-hetero) is 1. The molecule has 4 nitrogen and oxygen atoms in total. The van der Waals surface area contributed by atoms with Gasteiger partial charge in [0.15, 0.2) is 0 Å². The van der Waals surface area contributed by atoms with E-state index in [1.165, 1.54) is 11.8 Å². The van der Waals surface area contributed by atoms with Crippen molar-refractivity contribution in [2.75, 3.05) is 12.9 Å². The molecular weight excluding hydrogens is 382 g/mol. The first-order valence-corrected chi connectivity index (χ1v) is 10.3. The van der Waals surface area contributed by atoms with Crippen LogP contribution < -0.4 is 10.1 Å². The van der Waals surface area contributed by atoms with E-state index >= 15 is 0 Å². The Balaban J connectivity index is 1.90. The Morgan fingerprint density at radius 2 is 1.52 bits per heavy atom. The summed E-state index contributed by atoms with van der Waals surface area (Å²) in [5, 5.41) is 3.15. The van der Waals surface area contributed by atoms with Gasteiger partial charge >= 0.3 is 0 Å². The van der Waals surface area contributed by atoms with E-state index in [0.717, 1.165) is 21.8 Å². The molecule has 0 aliphatic rings. The van der Waals surface area contributed by atoms with Crippen LogP contribution in [0.25, 0.3) is 0 Å². The minimum atomic E-state index is -0.305. The van der Waals surface area contributed by atoms with Gasteiger partial charge in [-0.25, -0.2) is 0 Å². The van der Waals surface area contributed by atoms with Crippen molar-refractivity contribution < 1.29 is 14.3 Å². The Hall–Kier alpha value is -3.05. The van der Waals surface area contributed by atoms with Crippen LogP contribution in [0.15, 0.2) is 83.8 Å². The van der Waals surface area contributed by atoms with E-state index in [1.54, 1.807) is 20.1 Å². The molecule has 3 rings (SSSR count). The summed E-state index contributed by atoms with van der Waals surface area (Å²) in [7, 11) is 1.63. The Morgan fingerprint density at radius 3 is 2.17 bits per heavy atom. The second kappa shape index (κ2) is 9.94. The van der Waals surface area contributed by atoms with Crippen LogP contribution in [-0.4, -0.2) is 24.6 Å². The quantitative estimate of drug-likeness (QED) is 0.542. The lowest BCUT2D eigenvalue weighted by Crippen LogP contribution is -2.29. The number of ketones is 1. The third kappa shape index (κ3) is 5.48. The normalized spacial score (nSPS) is 11.5. The number of thioether (sulfide) groups is 1. The summed E-state index contributed by atoms with van der Waals surface area (Å²) in [5.41, 5.74) is 2.51. The molecule has 0 saturated heterocycles. The van der Waals surface area contributed by atoms with Gasteiger partial charge in [-0.2, -0.15) is 0 Å². The van der Waals surface area contributed by atoms with Gasteiger partial charge in [-0.15, -0.1) is 11.8 Å². The fourth-order valence-corrected chi connectivity index (χ4v) is 3.82. The van der Waals surface area contributed by atoms with E-state index < -0.39 is 0 Å². The number of hydrogen-bond acceptors (Lipinski definition) is 4. The van der Waals surface area contributed by atoms with Gasteiger partial charge in [0.05, 0.1) is 24.5 Å². The zero-order chi connectivity index (χ0) is 20.6. The Labute approximate surface area is 175 Å². The van der Waals surface area contributed by atoms with E-state index in [1.807, 2.05) is 72.8 Å². The highest BCUT2D eigenvalue weighted by atomic mass is 32.2. The third-order valence-corrected chi connectivity index (χ3v) is 5.64. The molecule has 0 aliphatic heterocycles. The standard InChI is InChI=1S/C24H23NO3S/c1-17(26)16-29-22-11-7-6-10-21(22)24(27)25-23(18-8-4-3-5-9-18)19-12-14-20(28-2)15-13-19/h3-15,23H,16H2,1-2H3,(H,25,27). The predicted octanol–water partition coefficient (Wildman–Crippen LogP) is 4.90. The second-order valence-corrected chi connectivity index (χ2v) is 7.59. The number of hydrogen-bond donors (Lipinski definition) is 1. The first-order chi connectivity index (χ1) is 14.1.